The van der Waals surface area contributed by atoms with E-state index in [4.69, 9.17) is 4.74 Å². The quantitative estimate of drug-likeness (QED) is 0.392. The zero-order chi connectivity index (χ0) is 16.9. The van der Waals surface area contributed by atoms with Gasteiger partial charge in [-0.3, -0.25) is 0 Å². The number of hydrogen-bond donors (Lipinski definition) is 0. The highest BCUT2D eigenvalue weighted by atomic mass is 32.2. The van der Waals surface area contributed by atoms with Crippen molar-refractivity contribution < 1.29 is 13.9 Å². The second kappa shape index (κ2) is 7.45. The maximum Gasteiger partial charge on any atom is 0.352 e. The van der Waals surface area contributed by atoms with Crippen LogP contribution in [0.3, 0.4) is 0 Å². The van der Waals surface area contributed by atoms with E-state index in [1.54, 1.807) is 30.6 Å². The number of thioether (sulfide) groups is 1. The lowest BCUT2D eigenvalue weighted by Crippen LogP contribution is -2.06. The third-order valence-electron chi connectivity index (χ3n) is 3.07. The summed E-state index contributed by atoms with van der Waals surface area (Å²) in [6.07, 6.45) is 5.01. The summed E-state index contributed by atoms with van der Waals surface area (Å²) in [4.78, 5) is 20.8. The van der Waals surface area contributed by atoms with Crippen molar-refractivity contribution in [3.05, 3.63) is 52.9 Å². The summed E-state index contributed by atoms with van der Waals surface area (Å²) in [5.41, 5.74) is 1.23. The second-order valence-corrected chi connectivity index (χ2v) is 6.10. The van der Waals surface area contributed by atoms with Crippen LogP contribution in [-0.4, -0.2) is 31.8 Å². The van der Waals surface area contributed by atoms with E-state index in [2.05, 4.69) is 19.6 Å². The van der Waals surface area contributed by atoms with Crippen LogP contribution in [0.4, 0.5) is 4.39 Å². The predicted molar refractivity (Wildman–Crippen MR) is 88.2 cm³/mol. The normalized spacial score (nSPS) is 10.6. The molecule has 0 spiro atoms. The molecule has 2 aromatic heterocycles. The first-order valence-electron chi connectivity index (χ1n) is 6.78. The Balaban J connectivity index is 1.76. The molecule has 0 aliphatic rings. The van der Waals surface area contributed by atoms with Crippen molar-refractivity contribution in [3.63, 3.8) is 0 Å². The number of ether oxygens (including phenoxy) is 1. The Morgan fingerprint density at radius 3 is 2.75 bits per heavy atom. The van der Waals surface area contributed by atoms with Gasteiger partial charge in [0.25, 0.3) is 0 Å². The molecule has 0 aliphatic heterocycles. The smallest absolute Gasteiger partial charge is 0.352 e. The molecule has 0 bridgehead atoms. The lowest BCUT2D eigenvalue weighted by molar-refractivity contribution is 0.0475. The van der Waals surface area contributed by atoms with Crippen molar-refractivity contribution in [1.29, 1.82) is 0 Å². The minimum Gasteiger partial charge on any atom is -0.456 e. The number of aromatic nitrogens is 4. The highest BCUT2D eigenvalue weighted by molar-refractivity contribution is 7.98. The molecule has 3 aromatic rings. The molecule has 0 atom stereocenters. The highest BCUT2D eigenvalue weighted by Crippen LogP contribution is 2.24. The third-order valence-corrected chi connectivity index (χ3v) is 4.36. The molecule has 0 fully saturated rings. The number of nitrogens with zero attached hydrogens (tertiary/aromatic N) is 4. The number of rotatable bonds is 5. The minimum atomic E-state index is -0.614. The maximum atomic E-state index is 13.6. The topological polar surface area (TPSA) is 77.9 Å². The number of halogens is 1. The molecule has 2 heterocycles. The molecule has 0 radical (unpaired) electrons. The van der Waals surface area contributed by atoms with Gasteiger partial charge < -0.3 is 4.74 Å². The van der Waals surface area contributed by atoms with Crippen LogP contribution in [0.2, 0.25) is 0 Å². The lowest BCUT2D eigenvalue weighted by Gasteiger charge is -2.05. The van der Waals surface area contributed by atoms with Gasteiger partial charge in [0, 0.05) is 23.5 Å². The Kier molecular flexibility index (Phi) is 5.11. The first-order chi connectivity index (χ1) is 11.7. The molecule has 0 saturated heterocycles. The van der Waals surface area contributed by atoms with Gasteiger partial charge in [-0.2, -0.15) is 0 Å². The zero-order valence-electron chi connectivity index (χ0n) is 12.5. The highest BCUT2D eigenvalue weighted by Gasteiger charge is 2.20. The van der Waals surface area contributed by atoms with E-state index in [0.717, 1.165) is 11.5 Å². The molecule has 1 aromatic carbocycles. The van der Waals surface area contributed by atoms with Gasteiger partial charge in [0.05, 0.1) is 0 Å². The molecular formula is C15H11FN4O2S2. The molecule has 0 N–H and O–H groups in total. The Hall–Kier alpha value is -2.39. The van der Waals surface area contributed by atoms with Crippen LogP contribution in [0, 0.1) is 5.82 Å². The van der Waals surface area contributed by atoms with Crippen molar-refractivity contribution in [1.82, 2.24) is 19.6 Å². The lowest BCUT2D eigenvalue weighted by atomic mass is 10.2. The fourth-order valence-electron chi connectivity index (χ4n) is 1.88. The largest absolute Gasteiger partial charge is 0.456 e. The summed E-state index contributed by atoms with van der Waals surface area (Å²) in [6.45, 7) is -0.162. The summed E-state index contributed by atoms with van der Waals surface area (Å²) in [7, 11) is 0. The third kappa shape index (κ3) is 3.57. The molecule has 24 heavy (non-hydrogen) atoms. The van der Waals surface area contributed by atoms with E-state index in [9.17, 15) is 9.18 Å². The van der Waals surface area contributed by atoms with Crippen LogP contribution in [0.1, 0.15) is 15.2 Å². The van der Waals surface area contributed by atoms with E-state index in [-0.39, 0.29) is 11.5 Å². The molecule has 0 amide bonds. The summed E-state index contributed by atoms with van der Waals surface area (Å²) in [5.74, 6) is -1.04. The summed E-state index contributed by atoms with van der Waals surface area (Å²) >= 11 is 2.32. The Bertz CT molecular complexity index is 855. The second-order valence-electron chi connectivity index (χ2n) is 4.58. The number of esters is 1. The average molecular weight is 362 g/mol. The van der Waals surface area contributed by atoms with Crippen LogP contribution in [0.5, 0.6) is 0 Å². The van der Waals surface area contributed by atoms with Gasteiger partial charge in [0.2, 0.25) is 0 Å². The van der Waals surface area contributed by atoms with Gasteiger partial charge in [0.1, 0.15) is 18.1 Å². The summed E-state index contributed by atoms with van der Waals surface area (Å²) < 4.78 is 22.5. The zero-order valence-corrected chi connectivity index (χ0v) is 14.1. The van der Waals surface area contributed by atoms with Gasteiger partial charge in [-0.05, 0) is 23.9 Å². The summed E-state index contributed by atoms with van der Waals surface area (Å²) in [5, 5.41) is 4.56. The minimum absolute atomic E-state index is 0.162. The van der Waals surface area contributed by atoms with Gasteiger partial charge in [-0.1, -0.05) is 34.4 Å². The van der Waals surface area contributed by atoms with Crippen molar-refractivity contribution >= 4 is 29.3 Å². The van der Waals surface area contributed by atoms with Crippen LogP contribution in [0.15, 0.2) is 41.8 Å². The Labute approximate surface area is 145 Å². The van der Waals surface area contributed by atoms with Gasteiger partial charge in [-0.25, -0.2) is 19.2 Å². The van der Waals surface area contributed by atoms with E-state index >= 15 is 0 Å². The molecule has 0 saturated carbocycles. The summed E-state index contributed by atoms with van der Waals surface area (Å²) in [6, 6.07) is 6.12. The Morgan fingerprint density at radius 2 is 2.04 bits per heavy atom. The first-order valence-corrected chi connectivity index (χ1v) is 8.78. The van der Waals surface area contributed by atoms with Gasteiger partial charge >= 0.3 is 5.97 Å². The van der Waals surface area contributed by atoms with Crippen molar-refractivity contribution in [2.75, 3.05) is 6.26 Å². The van der Waals surface area contributed by atoms with Crippen molar-refractivity contribution in [3.8, 4) is 11.3 Å². The number of benzene rings is 1. The molecule has 9 heteroatoms. The van der Waals surface area contributed by atoms with Crippen LogP contribution < -0.4 is 0 Å². The van der Waals surface area contributed by atoms with E-state index in [0.29, 0.717) is 22.0 Å². The van der Waals surface area contributed by atoms with Crippen LogP contribution in [0.25, 0.3) is 11.3 Å². The molecule has 0 aliphatic carbocycles. The SMILES string of the molecule is CSc1ncc(-c2nnsc2C(=O)OCc2ccccc2F)cn1. The molecule has 6 nitrogen and oxygen atoms in total. The van der Waals surface area contributed by atoms with Crippen LogP contribution >= 0.6 is 23.3 Å². The molecular weight excluding hydrogens is 351 g/mol. The predicted octanol–water partition coefficient (Wildman–Crippen LogP) is 3.21. The Morgan fingerprint density at radius 1 is 1.29 bits per heavy atom. The first kappa shape index (κ1) is 16.5. The average Bonchev–Trinajstić information content (AvgIpc) is 3.10. The van der Waals surface area contributed by atoms with Crippen LogP contribution in [-0.2, 0) is 11.3 Å². The van der Waals surface area contributed by atoms with Crippen molar-refractivity contribution in [2.24, 2.45) is 0 Å². The molecule has 3 rings (SSSR count). The standard InChI is InChI=1S/C15H11FN4O2S2/c1-23-15-17-6-10(7-18-15)12-13(24-20-19-12)14(21)22-8-9-4-2-3-5-11(9)16/h2-7H,8H2,1H3. The molecule has 122 valence electrons. The van der Waals surface area contributed by atoms with E-state index < -0.39 is 11.8 Å². The van der Waals surface area contributed by atoms with E-state index in [1.807, 2.05) is 6.26 Å². The van der Waals surface area contributed by atoms with E-state index in [1.165, 1.54) is 17.8 Å². The van der Waals surface area contributed by atoms with Gasteiger partial charge in [0.15, 0.2) is 10.0 Å². The van der Waals surface area contributed by atoms with Gasteiger partial charge in [-0.15, -0.1) is 5.10 Å². The fraction of sp³-hybridized carbons (Fsp3) is 0.133. The maximum absolute atomic E-state index is 13.6. The number of hydrogen-bond acceptors (Lipinski definition) is 8. The molecule has 0 unspecified atom stereocenters. The van der Waals surface area contributed by atoms with Crippen molar-refractivity contribution in [2.45, 2.75) is 11.8 Å². The monoisotopic (exact) mass is 362 g/mol. The number of carbonyl (C=O) groups excluding carboxylic acids is 1. The fourth-order valence-corrected chi connectivity index (χ4v) is 2.78. The number of carbonyl (C=O) groups is 1.